The molecule has 1 amide bonds. The number of anilines is 2. The number of hydrogen-bond acceptors (Lipinski definition) is 4. The van der Waals surface area contributed by atoms with E-state index in [1.165, 1.54) is 9.47 Å². The molecule has 0 unspecified atom stereocenters. The third kappa shape index (κ3) is 4.71. The summed E-state index contributed by atoms with van der Waals surface area (Å²) in [6.45, 7) is 10.5. The van der Waals surface area contributed by atoms with Crippen LogP contribution in [0.1, 0.15) is 55.1 Å². The highest BCUT2D eigenvalue weighted by molar-refractivity contribution is 6.07. The number of hydrogen-bond donors (Lipinski definition) is 2. The zero-order chi connectivity index (χ0) is 21.0. The summed E-state index contributed by atoms with van der Waals surface area (Å²) in [6.07, 6.45) is 1.61. The summed E-state index contributed by atoms with van der Waals surface area (Å²) in [6, 6.07) is 5.57. The van der Waals surface area contributed by atoms with Crippen molar-refractivity contribution in [1.82, 2.24) is 9.55 Å². The largest absolute Gasteiger partial charge is 0.383 e. The summed E-state index contributed by atoms with van der Waals surface area (Å²) in [4.78, 5) is 41.9. The zero-order valence-corrected chi connectivity index (χ0v) is 17.3. The molecule has 7 heteroatoms. The van der Waals surface area contributed by atoms with Crippen LogP contribution in [0.25, 0.3) is 0 Å². The summed E-state index contributed by atoms with van der Waals surface area (Å²) < 4.78 is 1.34. The molecular weight excluding hydrogens is 356 g/mol. The molecule has 0 atom stereocenters. The highest BCUT2D eigenvalue weighted by atomic mass is 16.2. The third-order valence-corrected chi connectivity index (χ3v) is 4.48. The van der Waals surface area contributed by atoms with Crippen molar-refractivity contribution in [1.29, 1.82) is 0 Å². The molecule has 0 aliphatic heterocycles. The van der Waals surface area contributed by atoms with Crippen LogP contribution in [0.5, 0.6) is 0 Å². The van der Waals surface area contributed by atoms with Gasteiger partial charge < -0.3 is 10.6 Å². The predicted octanol–water partition coefficient (Wildman–Crippen LogP) is 2.84. The normalized spacial score (nSPS) is 11.1. The highest BCUT2D eigenvalue weighted by Crippen LogP contribution is 2.22. The number of benzene rings is 1. The van der Waals surface area contributed by atoms with Gasteiger partial charge in [0.1, 0.15) is 5.82 Å². The van der Waals surface area contributed by atoms with Crippen LogP contribution in [0.3, 0.4) is 0 Å². The van der Waals surface area contributed by atoms with Crippen molar-refractivity contribution in [3.05, 3.63) is 55.7 Å². The SMILES string of the molecule is CCCCn1c(N)c(N(CC(C)C)C(=O)c2cc(C)cc(C)c2)c(=O)[nH]c1=O. The average molecular weight is 386 g/mol. The molecule has 7 nitrogen and oxygen atoms in total. The van der Waals surface area contributed by atoms with Crippen molar-refractivity contribution >= 4 is 17.4 Å². The minimum absolute atomic E-state index is 0.0283. The number of H-pyrrole nitrogens is 1. The molecule has 1 heterocycles. The van der Waals surface area contributed by atoms with Gasteiger partial charge in [-0.05, 0) is 38.3 Å². The van der Waals surface area contributed by atoms with Gasteiger partial charge in [-0.25, -0.2) is 4.79 Å². The zero-order valence-electron chi connectivity index (χ0n) is 17.3. The Labute approximate surface area is 165 Å². The number of aromatic nitrogens is 2. The number of nitrogens with zero attached hydrogens (tertiary/aromatic N) is 2. The number of rotatable bonds is 7. The monoisotopic (exact) mass is 386 g/mol. The second kappa shape index (κ2) is 8.91. The summed E-state index contributed by atoms with van der Waals surface area (Å²) in [7, 11) is 0. The summed E-state index contributed by atoms with van der Waals surface area (Å²) >= 11 is 0. The summed E-state index contributed by atoms with van der Waals surface area (Å²) in [5.41, 5.74) is 7.48. The highest BCUT2D eigenvalue weighted by Gasteiger charge is 2.26. The molecule has 0 radical (unpaired) electrons. The van der Waals surface area contributed by atoms with Crippen molar-refractivity contribution in [2.75, 3.05) is 17.2 Å². The van der Waals surface area contributed by atoms with Crippen LogP contribution in [0, 0.1) is 19.8 Å². The van der Waals surface area contributed by atoms with Gasteiger partial charge in [0, 0.05) is 18.7 Å². The number of nitrogens with two attached hydrogens (primary N) is 1. The Kier molecular flexibility index (Phi) is 6.83. The Morgan fingerprint density at radius 3 is 2.32 bits per heavy atom. The first-order chi connectivity index (χ1) is 13.1. The standard InChI is InChI=1S/C21H30N4O3/c1-6-7-8-24-18(22)17(19(26)23-21(24)28)25(12-13(2)3)20(27)16-10-14(4)9-15(5)11-16/h9-11,13H,6-8,12,22H2,1-5H3,(H,23,26,28). The van der Waals surface area contributed by atoms with Crippen LogP contribution in [-0.4, -0.2) is 22.0 Å². The Morgan fingerprint density at radius 1 is 1.18 bits per heavy atom. The van der Waals surface area contributed by atoms with Crippen LogP contribution in [-0.2, 0) is 6.54 Å². The number of unbranched alkanes of at least 4 members (excludes halogenated alkanes) is 1. The maximum atomic E-state index is 13.3. The molecule has 152 valence electrons. The fourth-order valence-electron chi connectivity index (χ4n) is 3.27. The number of amides is 1. The van der Waals surface area contributed by atoms with Crippen molar-refractivity contribution < 1.29 is 4.79 Å². The molecule has 3 N–H and O–H groups in total. The molecule has 28 heavy (non-hydrogen) atoms. The molecule has 0 aliphatic rings. The second-order valence-corrected chi connectivity index (χ2v) is 7.68. The molecule has 0 saturated heterocycles. The van der Waals surface area contributed by atoms with E-state index in [0.29, 0.717) is 18.7 Å². The first-order valence-electron chi connectivity index (χ1n) is 9.68. The minimum Gasteiger partial charge on any atom is -0.383 e. The Balaban J connectivity index is 2.64. The van der Waals surface area contributed by atoms with Gasteiger partial charge in [-0.1, -0.05) is 44.4 Å². The molecule has 1 aromatic heterocycles. The maximum absolute atomic E-state index is 13.3. The van der Waals surface area contributed by atoms with E-state index in [2.05, 4.69) is 4.98 Å². The van der Waals surface area contributed by atoms with Gasteiger partial charge >= 0.3 is 5.69 Å². The lowest BCUT2D eigenvalue weighted by atomic mass is 10.1. The summed E-state index contributed by atoms with van der Waals surface area (Å²) in [5.74, 6) is -0.177. The number of aromatic amines is 1. The van der Waals surface area contributed by atoms with Crippen molar-refractivity contribution in [3.8, 4) is 0 Å². The maximum Gasteiger partial charge on any atom is 0.330 e. The number of carbonyl (C=O) groups is 1. The number of aryl methyl sites for hydroxylation is 2. The number of nitrogen functional groups attached to an aromatic ring is 1. The molecule has 0 saturated carbocycles. The average Bonchev–Trinajstić information content (AvgIpc) is 2.58. The molecule has 1 aromatic carbocycles. The van der Waals surface area contributed by atoms with Crippen LogP contribution in [0.4, 0.5) is 11.5 Å². The van der Waals surface area contributed by atoms with Crippen LogP contribution < -0.4 is 21.9 Å². The molecule has 0 bridgehead atoms. The van der Waals surface area contributed by atoms with Crippen molar-refractivity contribution in [3.63, 3.8) is 0 Å². The Hall–Kier alpha value is -2.83. The van der Waals surface area contributed by atoms with E-state index in [1.54, 1.807) is 12.1 Å². The van der Waals surface area contributed by atoms with Gasteiger partial charge in [0.25, 0.3) is 11.5 Å². The van der Waals surface area contributed by atoms with Gasteiger partial charge in [0.15, 0.2) is 5.69 Å². The van der Waals surface area contributed by atoms with Gasteiger partial charge in [-0.2, -0.15) is 0 Å². The van der Waals surface area contributed by atoms with Gasteiger partial charge in [-0.3, -0.25) is 19.1 Å². The lowest BCUT2D eigenvalue weighted by molar-refractivity contribution is 0.0983. The summed E-state index contributed by atoms with van der Waals surface area (Å²) in [5, 5.41) is 0. The predicted molar refractivity (Wildman–Crippen MR) is 113 cm³/mol. The van der Waals surface area contributed by atoms with Crippen molar-refractivity contribution in [2.45, 2.75) is 54.0 Å². The first kappa shape index (κ1) is 21.5. The molecule has 0 fully saturated rings. The first-order valence-corrected chi connectivity index (χ1v) is 9.68. The molecular formula is C21H30N4O3. The number of nitrogens with one attached hydrogen (secondary N) is 1. The van der Waals surface area contributed by atoms with Gasteiger partial charge in [0.2, 0.25) is 0 Å². The fourth-order valence-corrected chi connectivity index (χ4v) is 3.27. The molecule has 0 aliphatic carbocycles. The van der Waals surface area contributed by atoms with Crippen molar-refractivity contribution in [2.24, 2.45) is 5.92 Å². The van der Waals surface area contributed by atoms with Crippen LogP contribution in [0.15, 0.2) is 27.8 Å². The van der Waals surface area contributed by atoms with E-state index in [4.69, 9.17) is 5.73 Å². The quantitative estimate of drug-likeness (QED) is 0.764. The van der Waals surface area contributed by atoms with Gasteiger partial charge in [0.05, 0.1) is 0 Å². The second-order valence-electron chi connectivity index (χ2n) is 7.68. The van der Waals surface area contributed by atoms with Crippen LogP contribution in [0.2, 0.25) is 0 Å². The van der Waals surface area contributed by atoms with E-state index in [9.17, 15) is 14.4 Å². The lowest BCUT2D eigenvalue weighted by Crippen LogP contribution is -2.42. The van der Waals surface area contributed by atoms with E-state index >= 15 is 0 Å². The molecule has 2 aromatic rings. The Bertz CT molecular complexity index is 952. The smallest absolute Gasteiger partial charge is 0.330 e. The Morgan fingerprint density at radius 2 is 1.79 bits per heavy atom. The molecule has 0 spiro atoms. The van der Waals surface area contributed by atoms with E-state index in [0.717, 1.165) is 24.0 Å². The lowest BCUT2D eigenvalue weighted by Gasteiger charge is -2.26. The van der Waals surface area contributed by atoms with Crippen LogP contribution >= 0.6 is 0 Å². The molecule has 2 rings (SSSR count). The fraction of sp³-hybridized carbons (Fsp3) is 0.476. The minimum atomic E-state index is -0.645. The third-order valence-electron chi connectivity index (χ3n) is 4.48. The topological polar surface area (TPSA) is 101 Å². The van der Waals surface area contributed by atoms with E-state index in [-0.39, 0.29) is 23.3 Å². The van der Waals surface area contributed by atoms with E-state index in [1.807, 2.05) is 40.7 Å². The van der Waals surface area contributed by atoms with Gasteiger partial charge in [-0.15, -0.1) is 0 Å². The van der Waals surface area contributed by atoms with E-state index < -0.39 is 11.2 Å². The number of carbonyl (C=O) groups excluding carboxylic acids is 1.